The molecule has 0 aliphatic heterocycles. The molecule has 0 saturated carbocycles. The number of imidazole rings is 1. The van der Waals surface area contributed by atoms with Crippen LogP contribution in [0.3, 0.4) is 0 Å². The van der Waals surface area contributed by atoms with Crippen LogP contribution in [0.4, 0.5) is 0 Å². The Morgan fingerprint density at radius 1 is 1.10 bits per heavy atom. The quantitative estimate of drug-likeness (QED) is 0.707. The van der Waals surface area contributed by atoms with E-state index in [1.54, 1.807) is 0 Å². The van der Waals surface area contributed by atoms with Gasteiger partial charge < -0.3 is 4.57 Å². The van der Waals surface area contributed by atoms with E-state index in [1.165, 1.54) is 11.1 Å². The minimum absolute atomic E-state index is 0.00940. The van der Waals surface area contributed by atoms with Crippen molar-refractivity contribution in [2.24, 2.45) is 0 Å². The molecule has 0 spiro atoms. The van der Waals surface area contributed by atoms with E-state index in [1.807, 2.05) is 18.3 Å². The van der Waals surface area contributed by atoms with Crippen molar-refractivity contribution in [2.75, 3.05) is 0 Å². The average molecular weight is 279 g/mol. The van der Waals surface area contributed by atoms with Gasteiger partial charge in [-0.1, -0.05) is 50.6 Å². The molecule has 0 bridgehead atoms. The molecule has 108 valence electrons. The van der Waals surface area contributed by atoms with Crippen molar-refractivity contribution >= 4 is 11.2 Å². The van der Waals surface area contributed by atoms with Gasteiger partial charge in [-0.2, -0.15) is 0 Å². The summed E-state index contributed by atoms with van der Waals surface area (Å²) in [6.45, 7) is 9.52. The molecule has 0 saturated heterocycles. The average Bonchev–Trinajstić information content (AvgIpc) is 2.78. The van der Waals surface area contributed by atoms with Crippen LogP contribution in [0.1, 0.15) is 37.7 Å². The fourth-order valence-corrected chi connectivity index (χ4v) is 2.67. The van der Waals surface area contributed by atoms with Crippen LogP contribution in [0.25, 0.3) is 11.2 Å². The van der Waals surface area contributed by atoms with Crippen molar-refractivity contribution in [1.82, 2.24) is 14.5 Å². The van der Waals surface area contributed by atoms with E-state index in [9.17, 15) is 0 Å². The number of aryl methyl sites for hydroxylation is 1. The fourth-order valence-electron chi connectivity index (χ4n) is 2.67. The van der Waals surface area contributed by atoms with E-state index in [-0.39, 0.29) is 5.41 Å². The topological polar surface area (TPSA) is 30.7 Å². The summed E-state index contributed by atoms with van der Waals surface area (Å²) in [5, 5.41) is 0. The maximum Gasteiger partial charge on any atom is 0.160 e. The molecule has 0 radical (unpaired) electrons. The summed E-state index contributed by atoms with van der Waals surface area (Å²) < 4.78 is 2.24. The van der Waals surface area contributed by atoms with Crippen molar-refractivity contribution in [3.63, 3.8) is 0 Å². The minimum Gasteiger partial charge on any atom is -0.308 e. The molecule has 0 aliphatic carbocycles. The molecule has 1 aromatic carbocycles. The van der Waals surface area contributed by atoms with E-state index in [0.29, 0.717) is 0 Å². The second-order valence-electron chi connectivity index (χ2n) is 6.61. The molecular weight excluding hydrogens is 258 g/mol. The van der Waals surface area contributed by atoms with Crippen molar-refractivity contribution < 1.29 is 0 Å². The minimum atomic E-state index is -0.00940. The number of hydrogen-bond donors (Lipinski definition) is 0. The third-order valence-corrected chi connectivity index (χ3v) is 3.60. The third kappa shape index (κ3) is 2.68. The van der Waals surface area contributed by atoms with Gasteiger partial charge in [-0.15, -0.1) is 0 Å². The standard InChI is InChI=1S/C18H21N3/c1-13-7-5-8-14(11-13)12-21-16-15(9-6-10-19-16)20-17(21)18(2,3)4/h5-11H,12H2,1-4H3. The van der Waals surface area contributed by atoms with Crippen LogP contribution in [0.2, 0.25) is 0 Å². The predicted octanol–water partition coefficient (Wildman–Crippen LogP) is 4.09. The summed E-state index contributed by atoms with van der Waals surface area (Å²) in [5.74, 6) is 1.08. The van der Waals surface area contributed by atoms with Crippen LogP contribution in [0, 0.1) is 6.92 Å². The zero-order valence-electron chi connectivity index (χ0n) is 13.1. The Bertz CT molecular complexity index is 779. The molecule has 0 fully saturated rings. The SMILES string of the molecule is Cc1cccc(Cn2c(C(C)(C)C)nc3cccnc32)c1. The van der Waals surface area contributed by atoms with Gasteiger partial charge in [0.25, 0.3) is 0 Å². The summed E-state index contributed by atoms with van der Waals surface area (Å²) in [4.78, 5) is 9.34. The highest BCUT2D eigenvalue weighted by atomic mass is 15.1. The first kappa shape index (κ1) is 13.8. The van der Waals surface area contributed by atoms with Gasteiger partial charge in [0.1, 0.15) is 11.3 Å². The normalized spacial score (nSPS) is 12.0. The molecule has 2 aromatic heterocycles. The molecule has 3 nitrogen and oxygen atoms in total. The molecule has 0 N–H and O–H groups in total. The second kappa shape index (κ2) is 4.99. The summed E-state index contributed by atoms with van der Waals surface area (Å²) in [6, 6.07) is 12.6. The van der Waals surface area contributed by atoms with E-state index in [0.717, 1.165) is 23.5 Å². The summed E-state index contributed by atoms with van der Waals surface area (Å²) in [7, 11) is 0. The van der Waals surface area contributed by atoms with Gasteiger partial charge in [0.15, 0.2) is 5.65 Å². The van der Waals surface area contributed by atoms with E-state index >= 15 is 0 Å². The number of nitrogens with zero attached hydrogens (tertiary/aromatic N) is 3. The van der Waals surface area contributed by atoms with Crippen molar-refractivity contribution in [2.45, 2.75) is 39.7 Å². The maximum absolute atomic E-state index is 4.80. The zero-order chi connectivity index (χ0) is 15.0. The summed E-state index contributed by atoms with van der Waals surface area (Å²) in [6.07, 6.45) is 1.84. The number of benzene rings is 1. The molecule has 0 atom stereocenters. The van der Waals surface area contributed by atoms with Crippen molar-refractivity contribution in [3.05, 3.63) is 59.5 Å². The smallest absolute Gasteiger partial charge is 0.160 e. The number of rotatable bonds is 2. The lowest BCUT2D eigenvalue weighted by Crippen LogP contribution is -2.19. The summed E-state index contributed by atoms with van der Waals surface area (Å²) in [5.41, 5.74) is 4.48. The predicted molar refractivity (Wildman–Crippen MR) is 86.5 cm³/mol. The van der Waals surface area contributed by atoms with Crippen LogP contribution < -0.4 is 0 Å². The van der Waals surface area contributed by atoms with Gasteiger partial charge in [-0.05, 0) is 24.6 Å². The first-order chi connectivity index (χ1) is 9.95. The molecular formula is C18H21N3. The number of pyridine rings is 1. The second-order valence-corrected chi connectivity index (χ2v) is 6.61. The molecule has 3 heteroatoms. The lowest BCUT2D eigenvalue weighted by molar-refractivity contribution is 0.515. The molecule has 0 aliphatic rings. The molecule has 3 rings (SSSR count). The molecule has 3 aromatic rings. The van der Waals surface area contributed by atoms with E-state index in [4.69, 9.17) is 4.98 Å². The van der Waals surface area contributed by atoms with Crippen LogP contribution in [0.5, 0.6) is 0 Å². The van der Waals surface area contributed by atoms with Crippen molar-refractivity contribution in [3.8, 4) is 0 Å². The highest BCUT2D eigenvalue weighted by molar-refractivity contribution is 5.71. The van der Waals surface area contributed by atoms with Gasteiger partial charge in [0.05, 0.1) is 6.54 Å². The lowest BCUT2D eigenvalue weighted by atomic mass is 9.95. The van der Waals surface area contributed by atoms with Crippen LogP contribution in [-0.2, 0) is 12.0 Å². The Balaban J connectivity index is 2.15. The zero-order valence-corrected chi connectivity index (χ0v) is 13.1. The Labute approximate surface area is 125 Å². The number of hydrogen-bond acceptors (Lipinski definition) is 2. The highest BCUT2D eigenvalue weighted by Gasteiger charge is 2.23. The maximum atomic E-state index is 4.80. The Kier molecular flexibility index (Phi) is 3.28. The monoisotopic (exact) mass is 279 g/mol. The van der Waals surface area contributed by atoms with Crippen LogP contribution in [0.15, 0.2) is 42.6 Å². The highest BCUT2D eigenvalue weighted by Crippen LogP contribution is 2.26. The lowest BCUT2D eigenvalue weighted by Gasteiger charge is -2.20. The van der Waals surface area contributed by atoms with Gasteiger partial charge in [-0.25, -0.2) is 9.97 Å². The third-order valence-electron chi connectivity index (χ3n) is 3.60. The van der Waals surface area contributed by atoms with E-state index < -0.39 is 0 Å². The molecule has 2 heterocycles. The first-order valence-electron chi connectivity index (χ1n) is 7.32. The van der Waals surface area contributed by atoms with Crippen molar-refractivity contribution in [1.29, 1.82) is 0 Å². The van der Waals surface area contributed by atoms with Crippen LogP contribution >= 0.6 is 0 Å². The van der Waals surface area contributed by atoms with Gasteiger partial charge in [0, 0.05) is 11.6 Å². The van der Waals surface area contributed by atoms with Gasteiger partial charge >= 0.3 is 0 Å². The first-order valence-corrected chi connectivity index (χ1v) is 7.32. The fraction of sp³-hybridized carbons (Fsp3) is 0.333. The number of fused-ring (bicyclic) bond motifs is 1. The molecule has 0 unspecified atom stereocenters. The summed E-state index contributed by atoms with van der Waals surface area (Å²) >= 11 is 0. The molecule has 21 heavy (non-hydrogen) atoms. The van der Waals surface area contributed by atoms with E-state index in [2.05, 4.69) is 61.5 Å². The molecule has 0 amide bonds. The van der Waals surface area contributed by atoms with Crippen LogP contribution in [-0.4, -0.2) is 14.5 Å². The number of aromatic nitrogens is 3. The Morgan fingerprint density at radius 3 is 2.62 bits per heavy atom. The largest absolute Gasteiger partial charge is 0.308 e. The van der Waals surface area contributed by atoms with Gasteiger partial charge in [-0.3, -0.25) is 0 Å². The Hall–Kier alpha value is -2.16. The Morgan fingerprint density at radius 2 is 1.90 bits per heavy atom. The van der Waals surface area contributed by atoms with Gasteiger partial charge in [0.2, 0.25) is 0 Å².